The standard InChI is InChI=1S/C15H19N5/c1-12-18-13-5-3-4-6-14(13)20(12)10-7-16-11-15-17-8-9-19(15)2/h3-6,8-9,16H,7,10-11H2,1-2H3. The number of hydrogen-bond donors (Lipinski definition) is 1. The molecule has 20 heavy (non-hydrogen) atoms. The molecule has 0 radical (unpaired) electrons. The fourth-order valence-electron chi connectivity index (χ4n) is 2.44. The zero-order valence-electron chi connectivity index (χ0n) is 11.9. The van der Waals surface area contributed by atoms with Gasteiger partial charge in [-0.3, -0.25) is 0 Å². The third-order valence-corrected chi connectivity index (χ3v) is 3.56. The maximum atomic E-state index is 4.57. The molecule has 0 aliphatic heterocycles. The summed E-state index contributed by atoms with van der Waals surface area (Å²) in [4.78, 5) is 8.87. The van der Waals surface area contributed by atoms with E-state index in [2.05, 4.69) is 45.0 Å². The van der Waals surface area contributed by atoms with Crippen molar-refractivity contribution < 1.29 is 0 Å². The summed E-state index contributed by atoms with van der Waals surface area (Å²) < 4.78 is 4.28. The molecule has 3 rings (SSSR count). The van der Waals surface area contributed by atoms with Gasteiger partial charge in [-0.05, 0) is 19.1 Å². The Kier molecular flexibility index (Phi) is 3.52. The molecule has 0 bridgehead atoms. The number of aryl methyl sites for hydroxylation is 2. The molecular weight excluding hydrogens is 250 g/mol. The van der Waals surface area contributed by atoms with Gasteiger partial charge in [-0.2, -0.15) is 0 Å². The van der Waals surface area contributed by atoms with Crippen molar-refractivity contribution in [1.29, 1.82) is 0 Å². The molecule has 2 aromatic heterocycles. The Morgan fingerprint density at radius 2 is 2.10 bits per heavy atom. The summed E-state index contributed by atoms with van der Waals surface area (Å²) in [5.41, 5.74) is 2.26. The highest BCUT2D eigenvalue weighted by Gasteiger charge is 2.06. The molecule has 0 unspecified atom stereocenters. The lowest BCUT2D eigenvalue weighted by Gasteiger charge is -2.08. The van der Waals surface area contributed by atoms with Gasteiger partial charge in [-0.15, -0.1) is 0 Å². The lowest BCUT2D eigenvalue weighted by molar-refractivity contribution is 0.576. The van der Waals surface area contributed by atoms with Gasteiger partial charge in [0.05, 0.1) is 17.6 Å². The summed E-state index contributed by atoms with van der Waals surface area (Å²) in [5.74, 6) is 2.11. The largest absolute Gasteiger partial charge is 0.337 e. The number of nitrogens with zero attached hydrogens (tertiary/aromatic N) is 4. The lowest BCUT2D eigenvalue weighted by Crippen LogP contribution is -2.21. The van der Waals surface area contributed by atoms with Crippen LogP contribution >= 0.6 is 0 Å². The van der Waals surface area contributed by atoms with Crippen LogP contribution in [0.4, 0.5) is 0 Å². The van der Waals surface area contributed by atoms with Crippen LogP contribution in [0.3, 0.4) is 0 Å². The van der Waals surface area contributed by atoms with E-state index in [0.29, 0.717) is 0 Å². The molecule has 0 aliphatic carbocycles. The van der Waals surface area contributed by atoms with Crippen LogP contribution in [0, 0.1) is 6.92 Å². The van der Waals surface area contributed by atoms with E-state index in [9.17, 15) is 0 Å². The third kappa shape index (κ3) is 2.44. The van der Waals surface area contributed by atoms with Gasteiger partial charge in [-0.25, -0.2) is 9.97 Å². The number of aromatic nitrogens is 4. The molecule has 0 atom stereocenters. The van der Waals surface area contributed by atoms with Crippen LogP contribution in [0.1, 0.15) is 11.6 Å². The fourth-order valence-corrected chi connectivity index (χ4v) is 2.44. The summed E-state index contributed by atoms with van der Waals surface area (Å²) in [6, 6.07) is 8.26. The Morgan fingerprint density at radius 1 is 1.25 bits per heavy atom. The molecule has 2 heterocycles. The molecule has 0 saturated heterocycles. The van der Waals surface area contributed by atoms with Gasteiger partial charge in [0.15, 0.2) is 0 Å². The van der Waals surface area contributed by atoms with Crippen LogP contribution in [0.5, 0.6) is 0 Å². The number of hydrogen-bond acceptors (Lipinski definition) is 3. The summed E-state index contributed by atoms with van der Waals surface area (Å²) in [7, 11) is 2.01. The number of imidazole rings is 2. The molecule has 0 aliphatic rings. The molecule has 0 saturated carbocycles. The van der Waals surface area contributed by atoms with Gasteiger partial charge in [0.25, 0.3) is 0 Å². The van der Waals surface area contributed by atoms with E-state index in [1.807, 2.05) is 30.1 Å². The van der Waals surface area contributed by atoms with Crippen molar-refractivity contribution in [2.75, 3.05) is 6.54 Å². The van der Waals surface area contributed by atoms with E-state index in [1.54, 1.807) is 0 Å². The first-order chi connectivity index (χ1) is 9.75. The molecule has 0 spiro atoms. The Hall–Kier alpha value is -2.14. The van der Waals surface area contributed by atoms with Gasteiger partial charge in [-0.1, -0.05) is 12.1 Å². The molecule has 0 amide bonds. The summed E-state index contributed by atoms with van der Waals surface area (Å²) >= 11 is 0. The average molecular weight is 269 g/mol. The second-order valence-corrected chi connectivity index (χ2v) is 4.93. The van der Waals surface area contributed by atoms with E-state index in [-0.39, 0.29) is 0 Å². The molecule has 1 aromatic carbocycles. The highest BCUT2D eigenvalue weighted by Crippen LogP contribution is 2.14. The quantitative estimate of drug-likeness (QED) is 0.719. The van der Waals surface area contributed by atoms with Crippen molar-refractivity contribution >= 4 is 11.0 Å². The molecule has 0 fully saturated rings. The number of nitrogens with one attached hydrogen (secondary N) is 1. The van der Waals surface area contributed by atoms with E-state index < -0.39 is 0 Å². The summed E-state index contributed by atoms with van der Waals surface area (Å²) in [6.45, 7) is 4.65. The molecule has 5 nitrogen and oxygen atoms in total. The van der Waals surface area contributed by atoms with E-state index in [4.69, 9.17) is 0 Å². The van der Waals surface area contributed by atoms with Gasteiger partial charge in [0, 0.05) is 32.5 Å². The molecule has 3 aromatic rings. The van der Waals surface area contributed by atoms with Gasteiger partial charge >= 0.3 is 0 Å². The van der Waals surface area contributed by atoms with Crippen LogP contribution < -0.4 is 5.32 Å². The SMILES string of the molecule is Cc1nc2ccccc2n1CCNCc1nccn1C. The number of fused-ring (bicyclic) bond motifs is 1. The van der Waals surface area contributed by atoms with Crippen molar-refractivity contribution in [3.8, 4) is 0 Å². The normalized spacial score (nSPS) is 11.3. The monoisotopic (exact) mass is 269 g/mol. The first-order valence-corrected chi connectivity index (χ1v) is 6.84. The summed E-state index contributed by atoms with van der Waals surface area (Å²) in [5, 5.41) is 3.43. The van der Waals surface area contributed by atoms with Crippen LogP contribution in [-0.4, -0.2) is 25.6 Å². The average Bonchev–Trinajstić information content (AvgIpc) is 2.98. The Labute approximate surface area is 118 Å². The summed E-state index contributed by atoms with van der Waals surface area (Å²) in [6.07, 6.45) is 3.79. The predicted octanol–water partition coefficient (Wildman–Crippen LogP) is 1.87. The zero-order valence-corrected chi connectivity index (χ0v) is 11.9. The van der Waals surface area contributed by atoms with Crippen molar-refractivity contribution in [3.05, 3.63) is 48.3 Å². The van der Waals surface area contributed by atoms with E-state index >= 15 is 0 Å². The molecule has 1 N–H and O–H groups in total. The molecule has 104 valence electrons. The van der Waals surface area contributed by atoms with Crippen LogP contribution in [-0.2, 0) is 20.1 Å². The minimum absolute atomic E-state index is 0.787. The van der Waals surface area contributed by atoms with Crippen LogP contribution in [0.25, 0.3) is 11.0 Å². The van der Waals surface area contributed by atoms with Crippen LogP contribution in [0.15, 0.2) is 36.7 Å². The lowest BCUT2D eigenvalue weighted by atomic mass is 10.3. The molecular formula is C15H19N5. The van der Waals surface area contributed by atoms with Crippen molar-refractivity contribution in [3.63, 3.8) is 0 Å². The van der Waals surface area contributed by atoms with E-state index in [0.717, 1.165) is 36.8 Å². The van der Waals surface area contributed by atoms with Crippen molar-refractivity contribution in [2.24, 2.45) is 7.05 Å². The van der Waals surface area contributed by atoms with Gasteiger partial charge in [0.2, 0.25) is 0 Å². The highest BCUT2D eigenvalue weighted by molar-refractivity contribution is 5.75. The topological polar surface area (TPSA) is 47.7 Å². The third-order valence-electron chi connectivity index (χ3n) is 3.56. The highest BCUT2D eigenvalue weighted by atomic mass is 15.1. The fraction of sp³-hybridized carbons (Fsp3) is 0.333. The zero-order chi connectivity index (χ0) is 13.9. The maximum Gasteiger partial charge on any atom is 0.122 e. The number of para-hydroxylation sites is 2. The van der Waals surface area contributed by atoms with E-state index in [1.165, 1.54) is 5.52 Å². The minimum atomic E-state index is 0.787. The molecule has 5 heteroatoms. The number of benzene rings is 1. The maximum absolute atomic E-state index is 4.57. The van der Waals surface area contributed by atoms with Crippen molar-refractivity contribution in [1.82, 2.24) is 24.4 Å². The van der Waals surface area contributed by atoms with Gasteiger partial charge in [0.1, 0.15) is 11.6 Å². The van der Waals surface area contributed by atoms with Crippen LogP contribution in [0.2, 0.25) is 0 Å². The Morgan fingerprint density at radius 3 is 2.90 bits per heavy atom. The number of rotatable bonds is 5. The predicted molar refractivity (Wildman–Crippen MR) is 79.4 cm³/mol. The Balaban J connectivity index is 1.63. The van der Waals surface area contributed by atoms with Crippen molar-refractivity contribution in [2.45, 2.75) is 20.0 Å². The first-order valence-electron chi connectivity index (χ1n) is 6.84. The minimum Gasteiger partial charge on any atom is -0.337 e. The first kappa shape index (κ1) is 12.9. The second kappa shape index (κ2) is 5.46. The smallest absolute Gasteiger partial charge is 0.122 e. The second-order valence-electron chi connectivity index (χ2n) is 4.93. The Bertz CT molecular complexity index is 710. The van der Waals surface area contributed by atoms with Gasteiger partial charge < -0.3 is 14.5 Å².